The van der Waals surface area contributed by atoms with Gasteiger partial charge in [0, 0.05) is 24.5 Å². The van der Waals surface area contributed by atoms with Crippen LogP contribution in [0.15, 0.2) is 36.2 Å². The standard InChI is InChI=1S/C11H18N2O/c1-3-11(12)5-4-10(2)13-6-8-14-9-7-13/h3-5H,2,6-9,12H2,1H3/b5-4-,11-3+. The second kappa shape index (κ2) is 5.50. The van der Waals surface area contributed by atoms with Gasteiger partial charge in [-0.25, -0.2) is 0 Å². The third kappa shape index (κ3) is 3.26. The fourth-order valence-electron chi connectivity index (χ4n) is 1.24. The summed E-state index contributed by atoms with van der Waals surface area (Å²) in [6.45, 7) is 9.30. The summed E-state index contributed by atoms with van der Waals surface area (Å²) < 4.78 is 5.25. The van der Waals surface area contributed by atoms with Crippen LogP contribution in [0.3, 0.4) is 0 Å². The van der Waals surface area contributed by atoms with Crippen molar-refractivity contribution in [2.75, 3.05) is 26.3 Å². The van der Waals surface area contributed by atoms with Gasteiger partial charge in [-0.1, -0.05) is 12.7 Å². The third-order valence-electron chi connectivity index (χ3n) is 2.22. The predicted molar refractivity (Wildman–Crippen MR) is 58.6 cm³/mol. The summed E-state index contributed by atoms with van der Waals surface area (Å²) in [6, 6.07) is 0. The highest BCUT2D eigenvalue weighted by Crippen LogP contribution is 2.07. The summed E-state index contributed by atoms with van der Waals surface area (Å²) in [7, 11) is 0. The fourth-order valence-corrected chi connectivity index (χ4v) is 1.24. The molecule has 0 spiro atoms. The highest BCUT2D eigenvalue weighted by atomic mass is 16.5. The van der Waals surface area contributed by atoms with Gasteiger partial charge in [0.25, 0.3) is 0 Å². The topological polar surface area (TPSA) is 38.5 Å². The maximum atomic E-state index is 5.64. The zero-order valence-electron chi connectivity index (χ0n) is 8.70. The maximum absolute atomic E-state index is 5.64. The highest BCUT2D eigenvalue weighted by molar-refractivity contribution is 5.23. The molecule has 0 aromatic carbocycles. The maximum Gasteiger partial charge on any atom is 0.0642 e. The molecule has 0 amide bonds. The number of nitrogens with two attached hydrogens (primary N) is 1. The Morgan fingerprint density at radius 1 is 1.36 bits per heavy atom. The van der Waals surface area contributed by atoms with Crippen LogP contribution in [-0.4, -0.2) is 31.2 Å². The van der Waals surface area contributed by atoms with Gasteiger partial charge >= 0.3 is 0 Å². The van der Waals surface area contributed by atoms with Gasteiger partial charge in [0.15, 0.2) is 0 Å². The number of nitrogens with zero attached hydrogens (tertiary/aromatic N) is 1. The van der Waals surface area contributed by atoms with Crippen LogP contribution < -0.4 is 5.73 Å². The van der Waals surface area contributed by atoms with Gasteiger partial charge < -0.3 is 15.4 Å². The Labute approximate surface area is 85.5 Å². The second-order valence-corrected chi connectivity index (χ2v) is 3.21. The largest absolute Gasteiger partial charge is 0.399 e. The first-order valence-corrected chi connectivity index (χ1v) is 4.85. The van der Waals surface area contributed by atoms with Crippen LogP contribution in [0, 0.1) is 0 Å². The van der Waals surface area contributed by atoms with Gasteiger partial charge in [0.05, 0.1) is 13.2 Å². The Morgan fingerprint density at radius 2 is 2.00 bits per heavy atom. The Kier molecular flexibility index (Phi) is 4.26. The van der Waals surface area contributed by atoms with Gasteiger partial charge in [-0.3, -0.25) is 0 Å². The van der Waals surface area contributed by atoms with E-state index in [1.807, 2.05) is 25.2 Å². The average Bonchev–Trinajstić information content (AvgIpc) is 2.26. The van der Waals surface area contributed by atoms with Crippen molar-refractivity contribution in [1.82, 2.24) is 4.90 Å². The molecule has 14 heavy (non-hydrogen) atoms. The van der Waals surface area contributed by atoms with Crippen molar-refractivity contribution < 1.29 is 4.74 Å². The molecule has 1 rings (SSSR count). The van der Waals surface area contributed by atoms with E-state index in [4.69, 9.17) is 10.5 Å². The third-order valence-corrected chi connectivity index (χ3v) is 2.22. The molecule has 1 saturated heterocycles. The van der Waals surface area contributed by atoms with Crippen molar-refractivity contribution in [3.05, 3.63) is 36.2 Å². The summed E-state index contributed by atoms with van der Waals surface area (Å²) in [5.41, 5.74) is 7.40. The van der Waals surface area contributed by atoms with Crippen LogP contribution in [0.4, 0.5) is 0 Å². The lowest BCUT2D eigenvalue weighted by atomic mass is 10.3. The van der Waals surface area contributed by atoms with E-state index in [1.165, 1.54) is 0 Å². The molecule has 3 nitrogen and oxygen atoms in total. The molecule has 1 fully saturated rings. The minimum Gasteiger partial charge on any atom is -0.399 e. The van der Waals surface area contributed by atoms with Crippen LogP contribution in [-0.2, 0) is 4.74 Å². The van der Waals surface area contributed by atoms with E-state index >= 15 is 0 Å². The Balaban J connectivity index is 2.44. The van der Waals surface area contributed by atoms with Crippen LogP contribution in [0.25, 0.3) is 0 Å². The molecule has 0 atom stereocenters. The molecule has 78 valence electrons. The Hall–Kier alpha value is -1.22. The number of morpholine rings is 1. The van der Waals surface area contributed by atoms with Crippen LogP contribution in [0.5, 0.6) is 0 Å². The minimum absolute atomic E-state index is 0.763. The van der Waals surface area contributed by atoms with Crippen LogP contribution >= 0.6 is 0 Å². The van der Waals surface area contributed by atoms with Crippen molar-refractivity contribution in [2.24, 2.45) is 5.73 Å². The van der Waals surface area contributed by atoms with Crippen LogP contribution in [0.2, 0.25) is 0 Å². The fraction of sp³-hybridized carbons (Fsp3) is 0.455. The zero-order valence-corrected chi connectivity index (χ0v) is 8.70. The average molecular weight is 194 g/mol. The quantitative estimate of drug-likeness (QED) is 0.687. The summed E-state index contributed by atoms with van der Waals surface area (Å²) in [5, 5.41) is 0. The molecule has 3 heteroatoms. The van der Waals surface area contributed by atoms with E-state index in [-0.39, 0.29) is 0 Å². The Bertz CT molecular complexity index is 250. The molecule has 0 aliphatic carbocycles. The first-order valence-electron chi connectivity index (χ1n) is 4.85. The van der Waals surface area contributed by atoms with Gasteiger partial charge in [0.1, 0.15) is 0 Å². The number of rotatable bonds is 3. The van der Waals surface area contributed by atoms with Crippen molar-refractivity contribution in [3.8, 4) is 0 Å². The molecule has 0 aromatic rings. The SMILES string of the molecule is C=C(/C=C\C(N)=C/C)N1CCOCC1. The summed E-state index contributed by atoms with van der Waals surface area (Å²) in [5.74, 6) is 0. The summed E-state index contributed by atoms with van der Waals surface area (Å²) in [6.07, 6.45) is 5.68. The van der Waals surface area contributed by atoms with Gasteiger partial charge in [-0.05, 0) is 19.1 Å². The van der Waals surface area contributed by atoms with E-state index in [1.54, 1.807) is 0 Å². The Morgan fingerprint density at radius 3 is 2.57 bits per heavy atom. The smallest absolute Gasteiger partial charge is 0.0642 e. The highest BCUT2D eigenvalue weighted by Gasteiger charge is 2.09. The molecule has 0 radical (unpaired) electrons. The molecule has 1 aliphatic heterocycles. The lowest BCUT2D eigenvalue weighted by Gasteiger charge is -2.28. The lowest BCUT2D eigenvalue weighted by Crippen LogP contribution is -2.34. The zero-order chi connectivity index (χ0) is 10.4. The minimum atomic E-state index is 0.763. The van der Waals surface area contributed by atoms with Gasteiger partial charge in [-0.15, -0.1) is 0 Å². The molecular formula is C11H18N2O. The number of ether oxygens (including phenoxy) is 1. The monoisotopic (exact) mass is 194 g/mol. The molecule has 0 bridgehead atoms. The molecule has 0 aromatic heterocycles. The van der Waals surface area contributed by atoms with E-state index in [9.17, 15) is 0 Å². The van der Waals surface area contributed by atoms with Crippen molar-refractivity contribution in [1.29, 1.82) is 0 Å². The van der Waals surface area contributed by atoms with Crippen molar-refractivity contribution >= 4 is 0 Å². The molecule has 0 unspecified atom stereocenters. The summed E-state index contributed by atoms with van der Waals surface area (Å²) >= 11 is 0. The summed E-state index contributed by atoms with van der Waals surface area (Å²) in [4.78, 5) is 2.20. The molecule has 2 N–H and O–H groups in total. The van der Waals surface area contributed by atoms with Crippen molar-refractivity contribution in [3.63, 3.8) is 0 Å². The molecule has 1 aliphatic rings. The van der Waals surface area contributed by atoms with Gasteiger partial charge in [0.2, 0.25) is 0 Å². The van der Waals surface area contributed by atoms with Gasteiger partial charge in [-0.2, -0.15) is 0 Å². The van der Waals surface area contributed by atoms with E-state index in [0.29, 0.717) is 0 Å². The molecule has 1 heterocycles. The first-order chi connectivity index (χ1) is 6.74. The van der Waals surface area contributed by atoms with E-state index in [2.05, 4.69) is 11.5 Å². The second-order valence-electron chi connectivity index (χ2n) is 3.21. The van der Waals surface area contributed by atoms with E-state index < -0.39 is 0 Å². The predicted octanol–water partition coefficient (Wildman–Crippen LogP) is 1.25. The number of hydrogen-bond acceptors (Lipinski definition) is 3. The molecular weight excluding hydrogens is 176 g/mol. The number of hydrogen-bond donors (Lipinski definition) is 1. The van der Waals surface area contributed by atoms with Crippen molar-refractivity contribution in [2.45, 2.75) is 6.92 Å². The molecule has 0 saturated carbocycles. The number of allylic oxidation sites excluding steroid dienone is 3. The van der Waals surface area contributed by atoms with Crippen LogP contribution in [0.1, 0.15) is 6.92 Å². The van der Waals surface area contributed by atoms with E-state index in [0.717, 1.165) is 37.7 Å². The first kappa shape index (κ1) is 10.9. The normalized spacial score (nSPS) is 18.9. The lowest BCUT2D eigenvalue weighted by molar-refractivity contribution is 0.0556.